The molecule has 1 aromatic rings. The van der Waals surface area contributed by atoms with Crippen molar-refractivity contribution in [2.24, 2.45) is 5.92 Å². The van der Waals surface area contributed by atoms with Gasteiger partial charge in [-0.15, -0.1) is 0 Å². The lowest BCUT2D eigenvalue weighted by molar-refractivity contribution is -0.384. The van der Waals surface area contributed by atoms with E-state index in [2.05, 4.69) is 10.3 Å². The van der Waals surface area contributed by atoms with Crippen LogP contribution in [0.4, 0.5) is 17.3 Å². The van der Waals surface area contributed by atoms with Crippen LogP contribution in [0.15, 0.2) is 12.1 Å². The molecule has 19 heavy (non-hydrogen) atoms. The Bertz CT molecular complexity index is 519. The second-order valence-corrected chi connectivity index (χ2v) is 4.55. The number of hydrogen-bond donors (Lipinski definition) is 3. The molecule has 8 nitrogen and oxygen atoms in total. The van der Waals surface area contributed by atoms with Gasteiger partial charge in [0, 0.05) is 12.1 Å². The smallest absolute Gasteiger partial charge is 0.311 e. The fraction of sp³-hybridized carbons (Fsp3) is 0.455. The first kappa shape index (κ1) is 13.1. The van der Waals surface area contributed by atoms with Gasteiger partial charge in [0.2, 0.25) is 5.82 Å². The summed E-state index contributed by atoms with van der Waals surface area (Å²) in [5, 5.41) is 22.6. The van der Waals surface area contributed by atoms with Gasteiger partial charge in [0.25, 0.3) is 0 Å². The van der Waals surface area contributed by atoms with Crippen LogP contribution in [-0.4, -0.2) is 27.0 Å². The van der Waals surface area contributed by atoms with Gasteiger partial charge in [0.15, 0.2) is 0 Å². The number of carboxylic acids is 1. The van der Waals surface area contributed by atoms with E-state index in [1.807, 2.05) is 0 Å². The quantitative estimate of drug-likeness (QED) is 0.551. The highest BCUT2D eigenvalue weighted by atomic mass is 16.6. The number of nitrogens with one attached hydrogen (secondary N) is 1. The van der Waals surface area contributed by atoms with Crippen molar-refractivity contribution in [3.63, 3.8) is 0 Å². The van der Waals surface area contributed by atoms with E-state index in [0.717, 1.165) is 6.42 Å². The maximum Gasteiger partial charge on any atom is 0.311 e. The highest BCUT2D eigenvalue weighted by Gasteiger charge is 2.29. The number of nitro groups is 1. The summed E-state index contributed by atoms with van der Waals surface area (Å²) >= 11 is 0. The zero-order valence-corrected chi connectivity index (χ0v) is 10.1. The summed E-state index contributed by atoms with van der Waals surface area (Å²) in [6, 6.07) is 2.77. The van der Waals surface area contributed by atoms with E-state index in [0.29, 0.717) is 18.7 Å². The molecule has 8 heteroatoms. The van der Waals surface area contributed by atoms with Crippen molar-refractivity contribution in [2.75, 3.05) is 11.1 Å². The van der Waals surface area contributed by atoms with Crippen LogP contribution in [0.2, 0.25) is 0 Å². The molecule has 0 aliphatic heterocycles. The Balaban J connectivity index is 2.03. The fourth-order valence-corrected chi connectivity index (χ4v) is 2.25. The zero-order valence-electron chi connectivity index (χ0n) is 10.1. The number of nitrogens with zero attached hydrogens (tertiary/aromatic N) is 2. The Labute approximate surface area is 108 Å². The molecule has 0 unspecified atom stereocenters. The minimum atomic E-state index is -0.791. The standard InChI is InChI=1S/C11H14N4O4/c12-10-8(15(18)19)3-4-9(14-10)13-7-2-1-6(5-7)11(16)17/h3-4,6-7H,1-2,5H2,(H,16,17)(H3,12,13,14)/t6-,7+/m1/s1. The number of anilines is 2. The number of pyridine rings is 1. The molecular weight excluding hydrogens is 252 g/mol. The van der Waals surface area contributed by atoms with Crippen LogP contribution in [0, 0.1) is 16.0 Å². The Hall–Kier alpha value is -2.38. The average Bonchev–Trinajstić information content (AvgIpc) is 2.77. The first-order chi connectivity index (χ1) is 8.97. The zero-order chi connectivity index (χ0) is 14.0. The largest absolute Gasteiger partial charge is 0.481 e. The lowest BCUT2D eigenvalue weighted by atomic mass is 10.1. The number of carbonyl (C=O) groups is 1. The second kappa shape index (κ2) is 5.09. The lowest BCUT2D eigenvalue weighted by Gasteiger charge is -2.13. The molecular formula is C11H14N4O4. The van der Waals surface area contributed by atoms with E-state index < -0.39 is 10.9 Å². The van der Waals surface area contributed by atoms with Crippen molar-refractivity contribution in [2.45, 2.75) is 25.3 Å². The molecule has 2 atom stereocenters. The number of nitrogens with two attached hydrogens (primary N) is 1. The van der Waals surface area contributed by atoms with Gasteiger partial charge < -0.3 is 16.2 Å². The summed E-state index contributed by atoms with van der Waals surface area (Å²) < 4.78 is 0. The van der Waals surface area contributed by atoms with Gasteiger partial charge in [-0.3, -0.25) is 14.9 Å². The summed E-state index contributed by atoms with van der Waals surface area (Å²) in [4.78, 5) is 24.7. The van der Waals surface area contributed by atoms with Crippen molar-refractivity contribution in [3.8, 4) is 0 Å². The number of rotatable bonds is 4. The van der Waals surface area contributed by atoms with Crippen LogP contribution in [-0.2, 0) is 4.79 Å². The maximum absolute atomic E-state index is 10.8. The SMILES string of the molecule is Nc1nc(N[C@H]2CC[C@@H](C(=O)O)C2)ccc1[N+](=O)[O-]. The molecule has 1 aliphatic carbocycles. The van der Waals surface area contributed by atoms with E-state index in [1.165, 1.54) is 12.1 Å². The third-order valence-electron chi connectivity index (χ3n) is 3.23. The Morgan fingerprint density at radius 2 is 2.26 bits per heavy atom. The van der Waals surface area contributed by atoms with E-state index >= 15 is 0 Å². The van der Waals surface area contributed by atoms with Crippen molar-refractivity contribution in [1.82, 2.24) is 4.98 Å². The van der Waals surface area contributed by atoms with Crippen LogP contribution < -0.4 is 11.1 Å². The molecule has 4 N–H and O–H groups in total. The molecule has 0 amide bonds. The monoisotopic (exact) mass is 266 g/mol. The lowest BCUT2D eigenvalue weighted by Crippen LogP contribution is -2.18. The topological polar surface area (TPSA) is 131 Å². The molecule has 2 rings (SSSR count). The maximum atomic E-state index is 10.8. The van der Waals surface area contributed by atoms with E-state index in [1.54, 1.807) is 0 Å². The minimum absolute atomic E-state index is 0.00876. The van der Waals surface area contributed by atoms with Gasteiger partial charge >= 0.3 is 11.7 Å². The second-order valence-electron chi connectivity index (χ2n) is 4.55. The highest BCUT2D eigenvalue weighted by molar-refractivity contribution is 5.70. The van der Waals surface area contributed by atoms with Crippen molar-refractivity contribution >= 4 is 23.3 Å². The summed E-state index contributed by atoms with van der Waals surface area (Å²) in [7, 11) is 0. The molecule has 1 fully saturated rings. The van der Waals surface area contributed by atoms with Gasteiger partial charge in [0.1, 0.15) is 5.82 Å². The molecule has 0 bridgehead atoms. The molecule has 1 saturated carbocycles. The Kier molecular flexibility index (Phi) is 3.50. The number of carboxylic acid groups (broad SMARTS) is 1. The molecule has 0 aromatic carbocycles. The summed E-state index contributed by atoms with van der Waals surface area (Å²) in [6.07, 6.45) is 1.87. The molecule has 0 radical (unpaired) electrons. The first-order valence-electron chi connectivity index (χ1n) is 5.87. The van der Waals surface area contributed by atoms with Gasteiger partial charge in [-0.05, 0) is 25.3 Å². The number of nitrogen functional groups attached to an aromatic ring is 1. The average molecular weight is 266 g/mol. The summed E-state index contributed by atoms with van der Waals surface area (Å²) in [5.41, 5.74) is 5.25. The molecule has 0 saturated heterocycles. The highest BCUT2D eigenvalue weighted by Crippen LogP contribution is 2.29. The van der Waals surface area contributed by atoms with Gasteiger partial charge in [-0.2, -0.15) is 0 Å². The predicted octanol–water partition coefficient (Wildman–Crippen LogP) is 1.24. The summed E-state index contributed by atoms with van der Waals surface area (Å²) in [5.74, 6) is -0.852. The predicted molar refractivity (Wildman–Crippen MR) is 67.7 cm³/mol. The molecule has 0 spiro atoms. The Morgan fingerprint density at radius 1 is 1.53 bits per heavy atom. The molecule has 102 valence electrons. The van der Waals surface area contributed by atoms with Crippen molar-refractivity contribution in [1.29, 1.82) is 0 Å². The third kappa shape index (κ3) is 2.90. The number of hydrogen-bond acceptors (Lipinski definition) is 6. The Morgan fingerprint density at radius 3 is 2.79 bits per heavy atom. The fourth-order valence-electron chi connectivity index (χ4n) is 2.25. The van der Waals surface area contributed by atoms with Crippen molar-refractivity contribution in [3.05, 3.63) is 22.2 Å². The van der Waals surface area contributed by atoms with Crippen LogP contribution >= 0.6 is 0 Å². The first-order valence-corrected chi connectivity index (χ1v) is 5.87. The van der Waals surface area contributed by atoms with Gasteiger partial charge in [-0.25, -0.2) is 4.98 Å². The number of aliphatic carboxylic acids is 1. The van der Waals surface area contributed by atoms with Gasteiger partial charge in [0.05, 0.1) is 10.8 Å². The van der Waals surface area contributed by atoms with Crippen LogP contribution in [0.25, 0.3) is 0 Å². The van der Waals surface area contributed by atoms with E-state index in [9.17, 15) is 14.9 Å². The van der Waals surface area contributed by atoms with Crippen LogP contribution in [0.5, 0.6) is 0 Å². The molecule has 1 heterocycles. The van der Waals surface area contributed by atoms with Crippen LogP contribution in [0.3, 0.4) is 0 Å². The minimum Gasteiger partial charge on any atom is -0.481 e. The molecule has 1 aromatic heterocycles. The van der Waals surface area contributed by atoms with Crippen molar-refractivity contribution < 1.29 is 14.8 Å². The number of aromatic nitrogens is 1. The van der Waals surface area contributed by atoms with E-state index in [4.69, 9.17) is 10.8 Å². The van der Waals surface area contributed by atoms with Gasteiger partial charge in [-0.1, -0.05) is 0 Å². The third-order valence-corrected chi connectivity index (χ3v) is 3.23. The molecule has 1 aliphatic rings. The van der Waals surface area contributed by atoms with E-state index in [-0.39, 0.29) is 23.5 Å². The van der Waals surface area contributed by atoms with Crippen LogP contribution in [0.1, 0.15) is 19.3 Å². The normalized spacial score (nSPS) is 22.1. The summed E-state index contributed by atoms with van der Waals surface area (Å²) in [6.45, 7) is 0.